The lowest BCUT2D eigenvalue weighted by Crippen LogP contribution is -2.43. The van der Waals surface area contributed by atoms with Gasteiger partial charge in [-0.3, -0.25) is 9.69 Å². The number of benzene rings is 2. The standard InChI is InChI=1S/C27H32ClN5O2/c1-19(20-9-11-24(12-10-20)33-14-2-3-15-33)29-27(34)22-7-5-13-32(17-22)18-25-30-26(31-35-25)21-6-4-8-23(28)16-21/h4,6,8-12,16,19,22H,2-3,5,7,13-15,17-18H2,1H3,(H,29,34). The van der Waals surface area contributed by atoms with Gasteiger partial charge in [-0.25, -0.2) is 0 Å². The van der Waals surface area contributed by atoms with Gasteiger partial charge in [0.05, 0.1) is 18.5 Å². The van der Waals surface area contributed by atoms with Gasteiger partial charge in [-0.1, -0.05) is 41.0 Å². The highest BCUT2D eigenvalue weighted by Gasteiger charge is 2.28. The summed E-state index contributed by atoms with van der Waals surface area (Å²) in [5.41, 5.74) is 3.23. The third-order valence-electron chi connectivity index (χ3n) is 7.01. The fourth-order valence-corrected chi connectivity index (χ4v) is 5.22. The van der Waals surface area contributed by atoms with Gasteiger partial charge in [-0.15, -0.1) is 0 Å². The average molecular weight is 494 g/mol. The van der Waals surface area contributed by atoms with Crippen molar-refractivity contribution < 1.29 is 9.32 Å². The molecule has 1 aromatic heterocycles. The van der Waals surface area contributed by atoms with Gasteiger partial charge in [0.2, 0.25) is 17.6 Å². The predicted octanol–water partition coefficient (Wildman–Crippen LogP) is 5.08. The zero-order valence-electron chi connectivity index (χ0n) is 20.1. The minimum absolute atomic E-state index is 0.0262. The molecule has 2 aliphatic heterocycles. The molecule has 2 saturated heterocycles. The maximum Gasteiger partial charge on any atom is 0.241 e. The Hall–Kier alpha value is -2.90. The molecule has 2 atom stereocenters. The normalized spacial score (nSPS) is 19.6. The van der Waals surface area contributed by atoms with E-state index in [-0.39, 0.29) is 17.9 Å². The van der Waals surface area contributed by atoms with Gasteiger partial charge < -0.3 is 14.7 Å². The monoisotopic (exact) mass is 493 g/mol. The summed E-state index contributed by atoms with van der Waals surface area (Å²) < 4.78 is 5.48. The van der Waals surface area contributed by atoms with Crippen LogP contribution in [0, 0.1) is 5.92 Å². The van der Waals surface area contributed by atoms with Crippen molar-refractivity contribution in [2.75, 3.05) is 31.1 Å². The molecule has 0 spiro atoms. The highest BCUT2D eigenvalue weighted by molar-refractivity contribution is 6.30. The average Bonchev–Trinajstić information content (AvgIpc) is 3.57. The van der Waals surface area contributed by atoms with Gasteiger partial charge in [-0.05, 0) is 69.0 Å². The number of nitrogens with one attached hydrogen (secondary N) is 1. The van der Waals surface area contributed by atoms with Gasteiger partial charge >= 0.3 is 0 Å². The smallest absolute Gasteiger partial charge is 0.241 e. The zero-order chi connectivity index (χ0) is 24.2. The lowest BCUT2D eigenvalue weighted by molar-refractivity contribution is -0.127. The molecule has 35 heavy (non-hydrogen) atoms. The SMILES string of the molecule is CC(NC(=O)C1CCCN(Cc2nc(-c3cccc(Cl)c3)no2)C1)c1ccc(N2CCCC2)cc1. The number of rotatable bonds is 7. The summed E-state index contributed by atoms with van der Waals surface area (Å²) in [6, 6.07) is 16.0. The summed E-state index contributed by atoms with van der Waals surface area (Å²) in [4.78, 5) is 22.2. The third-order valence-corrected chi connectivity index (χ3v) is 7.24. The Morgan fingerprint density at radius 1 is 1.14 bits per heavy atom. The highest BCUT2D eigenvalue weighted by atomic mass is 35.5. The van der Waals surface area contributed by atoms with E-state index >= 15 is 0 Å². The quantitative estimate of drug-likeness (QED) is 0.494. The van der Waals surface area contributed by atoms with Gasteiger partial charge in [0.1, 0.15) is 0 Å². The number of carbonyl (C=O) groups excluding carboxylic acids is 1. The van der Waals surface area contributed by atoms with E-state index in [0.717, 1.165) is 43.6 Å². The summed E-state index contributed by atoms with van der Waals surface area (Å²) in [7, 11) is 0. The summed E-state index contributed by atoms with van der Waals surface area (Å²) in [5, 5.41) is 7.96. The maximum atomic E-state index is 13.1. The largest absolute Gasteiger partial charge is 0.372 e. The van der Waals surface area contributed by atoms with Crippen LogP contribution in [-0.2, 0) is 11.3 Å². The number of halogens is 1. The summed E-state index contributed by atoms with van der Waals surface area (Å²) in [5.74, 6) is 1.13. The van der Waals surface area contributed by atoms with Crippen molar-refractivity contribution >= 4 is 23.2 Å². The van der Waals surface area contributed by atoms with E-state index in [1.54, 1.807) is 0 Å². The van der Waals surface area contributed by atoms with Crippen molar-refractivity contribution in [3.05, 3.63) is 65.0 Å². The molecule has 7 nitrogen and oxygen atoms in total. The molecule has 2 aromatic carbocycles. The van der Waals surface area contributed by atoms with Gasteiger partial charge in [0.15, 0.2) is 0 Å². The molecule has 0 aliphatic carbocycles. The Bertz CT molecular complexity index is 1140. The van der Waals surface area contributed by atoms with Crippen LogP contribution in [0.15, 0.2) is 53.1 Å². The molecule has 2 aliphatic rings. The second-order valence-electron chi connectivity index (χ2n) is 9.61. The van der Waals surface area contributed by atoms with Crippen LogP contribution in [0.2, 0.25) is 5.02 Å². The Labute approximate surface area is 211 Å². The number of hydrogen-bond donors (Lipinski definition) is 1. The molecule has 3 heterocycles. The number of anilines is 1. The predicted molar refractivity (Wildman–Crippen MR) is 137 cm³/mol. The molecule has 5 rings (SSSR count). The zero-order valence-corrected chi connectivity index (χ0v) is 20.9. The van der Waals surface area contributed by atoms with E-state index in [0.29, 0.717) is 29.8 Å². The van der Waals surface area contributed by atoms with Crippen LogP contribution in [-0.4, -0.2) is 47.1 Å². The molecule has 0 bridgehead atoms. The third kappa shape index (κ3) is 5.85. The van der Waals surface area contributed by atoms with Crippen molar-refractivity contribution in [2.45, 2.75) is 45.2 Å². The molecule has 2 unspecified atom stereocenters. The van der Waals surface area contributed by atoms with E-state index in [1.165, 1.54) is 18.5 Å². The van der Waals surface area contributed by atoms with E-state index in [4.69, 9.17) is 16.1 Å². The summed E-state index contributed by atoms with van der Waals surface area (Å²) in [6.07, 6.45) is 4.39. The molecule has 1 amide bonds. The second kappa shape index (κ2) is 10.8. The molecule has 0 radical (unpaired) electrons. The van der Waals surface area contributed by atoms with E-state index < -0.39 is 0 Å². The van der Waals surface area contributed by atoms with Crippen LogP contribution in [0.1, 0.15) is 50.1 Å². The molecule has 2 fully saturated rings. The van der Waals surface area contributed by atoms with E-state index in [1.807, 2.05) is 24.3 Å². The van der Waals surface area contributed by atoms with Gasteiger partial charge in [0, 0.05) is 35.9 Å². The first kappa shape index (κ1) is 23.8. The molecule has 0 saturated carbocycles. The fraction of sp³-hybridized carbons (Fsp3) is 0.444. The van der Waals surface area contributed by atoms with Crippen LogP contribution in [0.25, 0.3) is 11.4 Å². The van der Waals surface area contributed by atoms with E-state index in [2.05, 4.69) is 56.4 Å². The first-order valence-corrected chi connectivity index (χ1v) is 12.9. The maximum absolute atomic E-state index is 13.1. The first-order valence-electron chi connectivity index (χ1n) is 12.5. The highest BCUT2D eigenvalue weighted by Crippen LogP contribution is 2.25. The van der Waals surface area contributed by atoms with Crippen molar-refractivity contribution in [3.63, 3.8) is 0 Å². The van der Waals surface area contributed by atoms with Crippen LogP contribution in [0.3, 0.4) is 0 Å². The summed E-state index contributed by atoms with van der Waals surface area (Å²) in [6.45, 7) is 6.45. The second-order valence-corrected chi connectivity index (χ2v) is 10.0. The Balaban J connectivity index is 1.15. The van der Waals surface area contributed by atoms with Crippen molar-refractivity contribution in [2.24, 2.45) is 5.92 Å². The lowest BCUT2D eigenvalue weighted by Gasteiger charge is -2.31. The fourth-order valence-electron chi connectivity index (χ4n) is 5.03. The van der Waals surface area contributed by atoms with Crippen molar-refractivity contribution in [3.8, 4) is 11.4 Å². The van der Waals surface area contributed by atoms with Gasteiger partial charge in [-0.2, -0.15) is 4.98 Å². The first-order chi connectivity index (χ1) is 17.0. The molecule has 8 heteroatoms. The van der Waals surface area contributed by atoms with Crippen molar-refractivity contribution in [1.29, 1.82) is 0 Å². The number of likely N-dealkylation sites (tertiary alicyclic amines) is 1. The Kier molecular flexibility index (Phi) is 7.35. The minimum Gasteiger partial charge on any atom is -0.372 e. The number of nitrogens with zero attached hydrogens (tertiary/aromatic N) is 4. The van der Waals surface area contributed by atoms with Crippen LogP contribution < -0.4 is 10.2 Å². The van der Waals surface area contributed by atoms with Crippen LogP contribution in [0.4, 0.5) is 5.69 Å². The molecular weight excluding hydrogens is 462 g/mol. The number of piperidine rings is 1. The molecule has 3 aromatic rings. The Morgan fingerprint density at radius 2 is 1.94 bits per heavy atom. The number of aromatic nitrogens is 2. The van der Waals surface area contributed by atoms with Crippen LogP contribution in [0.5, 0.6) is 0 Å². The van der Waals surface area contributed by atoms with E-state index in [9.17, 15) is 4.79 Å². The summed E-state index contributed by atoms with van der Waals surface area (Å²) >= 11 is 6.08. The number of carbonyl (C=O) groups is 1. The van der Waals surface area contributed by atoms with Gasteiger partial charge in [0.25, 0.3) is 0 Å². The molecule has 184 valence electrons. The molecule has 1 N–H and O–H groups in total. The molecular formula is C27H32ClN5O2. The lowest BCUT2D eigenvalue weighted by atomic mass is 9.96. The van der Waals surface area contributed by atoms with Crippen LogP contribution >= 0.6 is 11.6 Å². The number of hydrogen-bond acceptors (Lipinski definition) is 6. The number of amides is 1. The van der Waals surface area contributed by atoms with Crippen molar-refractivity contribution in [1.82, 2.24) is 20.4 Å². The Morgan fingerprint density at radius 3 is 2.71 bits per heavy atom. The topological polar surface area (TPSA) is 74.5 Å². The minimum atomic E-state index is -0.0506.